The van der Waals surface area contributed by atoms with Crippen molar-refractivity contribution in [3.05, 3.63) is 35.4 Å². The van der Waals surface area contributed by atoms with Gasteiger partial charge in [0.25, 0.3) is 0 Å². The molecule has 1 amide bonds. The maximum atomic E-state index is 13.2. The number of rotatable bonds is 4. The van der Waals surface area contributed by atoms with Crippen molar-refractivity contribution in [1.82, 2.24) is 15.1 Å². The van der Waals surface area contributed by atoms with E-state index in [1.165, 1.54) is 11.1 Å². The summed E-state index contributed by atoms with van der Waals surface area (Å²) in [5.41, 5.74) is 2.61. The van der Waals surface area contributed by atoms with Gasteiger partial charge < -0.3 is 15.1 Å². The van der Waals surface area contributed by atoms with Crippen LogP contribution in [-0.2, 0) is 11.2 Å². The number of hydrogen-bond acceptors (Lipinski definition) is 3. The molecule has 1 aromatic rings. The van der Waals surface area contributed by atoms with Crippen LogP contribution in [0.2, 0.25) is 0 Å². The number of aryl methyl sites for hydroxylation is 1. The number of benzene rings is 1. The van der Waals surface area contributed by atoms with Crippen LogP contribution >= 0.6 is 24.8 Å². The summed E-state index contributed by atoms with van der Waals surface area (Å²) in [6.45, 7) is 11.4. The predicted molar refractivity (Wildman–Crippen MR) is 117 cm³/mol. The summed E-state index contributed by atoms with van der Waals surface area (Å²) in [6.07, 6.45) is 3.06. The molecule has 154 valence electrons. The number of amides is 1. The Labute approximate surface area is 176 Å². The molecule has 6 heteroatoms. The molecule has 2 saturated heterocycles. The highest BCUT2D eigenvalue weighted by molar-refractivity contribution is 5.85. The summed E-state index contributed by atoms with van der Waals surface area (Å²) < 4.78 is 0. The van der Waals surface area contributed by atoms with Crippen LogP contribution in [0.4, 0.5) is 0 Å². The number of nitrogens with one attached hydrogen (secondary N) is 1. The molecule has 27 heavy (non-hydrogen) atoms. The topological polar surface area (TPSA) is 35.6 Å². The fourth-order valence-corrected chi connectivity index (χ4v) is 4.14. The zero-order valence-corrected chi connectivity index (χ0v) is 18.5. The minimum atomic E-state index is 0. The molecule has 0 aromatic heterocycles. The van der Waals surface area contributed by atoms with Crippen LogP contribution in [0.5, 0.6) is 0 Å². The molecule has 1 aromatic carbocycles. The highest BCUT2D eigenvalue weighted by Gasteiger charge is 2.34. The lowest BCUT2D eigenvalue weighted by Crippen LogP contribution is -2.52. The first-order valence-corrected chi connectivity index (χ1v) is 9.94. The van der Waals surface area contributed by atoms with Crippen LogP contribution in [0, 0.1) is 5.92 Å². The van der Waals surface area contributed by atoms with Gasteiger partial charge in [0.2, 0.25) is 5.91 Å². The molecule has 1 unspecified atom stereocenters. The molecule has 2 fully saturated rings. The molecule has 2 heterocycles. The number of carbonyl (C=O) groups is 1. The monoisotopic (exact) mass is 415 g/mol. The van der Waals surface area contributed by atoms with Gasteiger partial charge in [0, 0.05) is 31.6 Å². The average Bonchev–Trinajstić information content (AvgIpc) is 2.67. The van der Waals surface area contributed by atoms with E-state index in [0.29, 0.717) is 11.9 Å². The van der Waals surface area contributed by atoms with E-state index in [-0.39, 0.29) is 36.8 Å². The molecule has 2 aliphatic rings. The van der Waals surface area contributed by atoms with E-state index >= 15 is 0 Å². The normalized spacial score (nSPS) is 21.5. The van der Waals surface area contributed by atoms with Crippen molar-refractivity contribution in [3.8, 4) is 0 Å². The van der Waals surface area contributed by atoms with E-state index < -0.39 is 0 Å². The van der Waals surface area contributed by atoms with Crippen molar-refractivity contribution in [1.29, 1.82) is 0 Å². The molecule has 0 radical (unpaired) electrons. The smallest absolute Gasteiger partial charge is 0.226 e. The fraction of sp³-hybridized carbons (Fsp3) is 0.667. The Morgan fingerprint density at radius 1 is 1.11 bits per heavy atom. The van der Waals surface area contributed by atoms with Crippen molar-refractivity contribution in [3.63, 3.8) is 0 Å². The van der Waals surface area contributed by atoms with Gasteiger partial charge in [-0.1, -0.05) is 31.2 Å². The Kier molecular flexibility index (Phi) is 10.1. The first kappa shape index (κ1) is 24.2. The molecular weight excluding hydrogens is 381 g/mol. The first-order chi connectivity index (χ1) is 12.1. The van der Waals surface area contributed by atoms with Gasteiger partial charge in [0.1, 0.15) is 0 Å². The minimum Gasteiger partial charge on any atom is -0.333 e. The van der Waals surface area contributed by atoms with Crippen molar-refractivity contribution >= 4 is 30.7 Å². The Hall–Kier alpha value is -0.810. The van der Waals surface area contributed by atoms with Gasteiger partial charge in [0.05, 0.1) is 6.04 Å². The molecule has 0 spiro atoms. The largest absolute Gasteiger partial charge is 0.333 e. The van der Waals surface area contributed by atoms with Crippen molar-refractivity contribution in [2.75, 3.05) is 32.7 Å². The lowest BCUT2D eigenvalue weighted by molar-refractivity contribution is -0.140. The third-order valence-electron chi connectivity index (χ3n) is 5.91. The first-order valence-electron chi connectivity index (χ1n) is 9.94. The summed E-state index contributed by atoms with van der Waals surface area (Å²) in [5.74, 6) is 0.569. The molecule has 1 atom stereocenters. The van der Waals surface area contributed by atoms with Gasteiger partial charge in [-0.2, -0.15) is 0 Å². The van der Waals surface area contributed by atoms with Crippen LogP contribution < -0.4 is 5.32 Å². The van der Waals surface area contributed by atoms with Crippen LogP contribution in [-0.4, -0.2) is 54.5 Å². The molecule has 3 rings (SSSR count). The zero-order chi connectivity index (χ0) is 17.8. The Morgan fingerprint density at radius 2 is 1.74 bits per heavy atom. The highest BCUT2D eigenvalue weighted by Crippen LogP contribution is 2.28. The molecule has 0 aliphatic carbocycles. The Balaban J connectivity index is 0.00000182. The molecule has 0 saturated carbocycles. The van der Waals surface area contributed by atoms with Gasteiger partial charge in [-0.3, -0.25) is 4.79 Å². The predicted octanol–water partition coefficient (Wildman–Crippen LogP) is 3.69. The molecule has 0 bridgehead atoms. The zero-order valence-electron chi connectivity index (χ0n) is 16.8. The van der Waals surface area contributed by atoms with E-state index in [0.717, 1.165) is 52.0 Å². The molecule has 4 nitrogen and oxygen atoms in total. The Morgan fingerprint density at radius 3 is 2.30 bits per heavy atom. The number of halogens is 2. The second-order valence-corrected chi connectivity index (χ2v) is 7.75. The van der Waals surface area contributed by atoms with Gasteiger partial charge in [-0.25, -0.2) is 0 Å². The van der Waals surface area contributed by atoms with Crippen molar-refractivity contribution in [2.45, 2.75) is 52.1 Å². The SMILES string of the molecule is CCc1ccc(C2CNCCN2C(=O)C2CCN(C(C)C)CC2)cc1.Cl.Cl. The number of nitrogens with zero attached hydrogens (tertiary/aromatic N) is 2. The maximum Gasteiger partial charge on any atom is 0.226 e. The number of likely N-dealkylation sites (tertiary alicyclic amines) is 1. The summed E-state index contributed by atoms with van der Waals surface area (Å²) in [6, 6.07) is 9.58. The molecule has 1 N–H and O–H groups in total. The number of carbonyl (C=O) groups excluding carboxylic acids is 1. The number of hydrogen-bond donors (Lipinski definition) is 1. The lowest BCUT2D eigenvalue weighted by atomic mass is 9.92. The second kappa shape index (κ2) is 11.3. The van der Waals surface area contributed by atoms with Gasteiger partial charge in [-0.05, 0) is 57.3 Å². The second-order valence-electron chi connectivity index (χ2n) is 7.75. The Bertz CT molecular complexity index is 571. The minimum absolute atomic E-state index is 0. The van der Waals surface area contributed by atoms with Crippen LogP contribution in [0.15, 0.2) is 24.3 Å². The van der Waals surface area contributed by atoms with Gasteiger partial charge in [0.15, 0.2) is 0 Å². The van der Waals surface area contributed by atoms with Crippen LogP contribution in [0.25, 0.3) is 0 Å². The quantitative estimate of drug-likeness (QED) is 0.813. The summed E-state index contributed by atoms with van der Waals surface area (Å²) in [4.78, 5) is 17.9. The van der Waals surface area contributed by atoms with Gasteiger partial charge in [-0.15, -0.1) is 24.8 Å². The van der Waals surface area contributed by atoms with Crippen LogP contribution in [0.3, 0.4) is 0 Å². The van der Waals surface area contributed by atoms with E-state index in [2.05, 4.69) is 60.2 Å². The number of piperazine rings is 1. The van der Waals surface area contributed by atoms with E-state index in [1.807, 2.05) is 0 Å². The molecular formula is C21H35Cl2N3O. The summed E-state index contributed by atoms with van der Waals surface area (Å²) in [5, 5.41) is 3.47. The lowest BCUT2D eigenvalue weighted by Gasteiger charge is -2.41. The van der Waals surface area contributed by atoms with Crippen LogP contribution in [0.1, 0.15) is 50.8 Å². The summed E-state index contributed by atoms with van der Waals surface area (Å²) >= 11 is 0. The third-order valence-corrected chi connectivity index (χ3v) is 5.91. The maximum absolute atomic E-state index is 13.2. The third kappa shape index (κ3) is 5.83. The van der Waals surface area contributed by atoms with E-state index in [1.54, 1.807) is 0 Å². The van der Waals surface area contributed by atoms with E-state index in [4.69, 9.17) is 0 Å². The van der Waals surface area contributed by atoms with Crippen molar-refractivity contribution in [2.24, 2.45) is 5.92 Å². The average molecular weight is 416 g/mol. The van der Waals surface area contributed by atoms with E-state index in [9.17, 15) is 4.79 Å². The highest BCUT2D eigenvalue weighted by atomic mass is 35.5. The van der Waals surface area contributed by atoms with Crippen molar-refractivity contribution < 1.29 is 4.79 Å². The fourth-order valence-electron chi connectivity index (χ4n) is 4.14. The van der Waals surface area contributed by atoms with Gasteiger partial charge >= 0.3 is 0 Å². The number of piperidine rings is 1. The summed E-state index contributed by atoms with van der Waals surface area (Å²) in [7, 11) is 0. The molecule has 2 aliphatic heterocycles. The standard InChI is InChI=1S/C21H33N3O.2ClH/c1-4-17-5-7-18(8-6-17)20-15-22-11-14-24(20)21(25)19-9-12-23(13-10-19)16(2)3;;/h5-8,16,19-20,22H,4,9-15H2,1-3H3;2*1H.